The Morgan fingerprint density at radius 2 is 2.03 bits per heavy atom. The zero-order chi connectivity index (χ0) is 23.5. The van der Waals surface area contributed by atoms with Gasteiger partial charge < -0.3 is 19.9 Å². The molecule has 0 saturated carbocycles. The molecule has 4 heterocycles. The fourth-order valence-corrected chi connectivity index (χ4v) is 4.91. The van der Waals surface area contributed by atoms with Gasteiger partial charge in [-0.05, 0) is 61.6 Å². The summed E-state index contributed by atoms with van der Waals surface area (Å²) >= 11 is 5.91. The summed E-state index contributed by atoms with van der Waals surface area (Å²) in [5, 5.41) is 6.79. The first-order valence-electron chi connectivity index (χ1n) is 11.6. The molecule has 1 aromatic carbocycles. The number of pyridine rings is 1. The van der Waals surface area contributed by atoms with Crippen LogP contribution >= 0.6 is 11.6 Å². The first-order chi connectivity index (χ1) is 16.6. The maximum absolute atomic E-state index is 14.3. The Morgan fingerprint density at radius 3 is 2.76 bits per heavy atom. The SMILES string of the molecule is O=c1cc(-c2ccnc(NC3CCOCC3)n2)ccn1[C@H](c1ccc(Cl)c(F)c1)[C@@H]1CCNC1. The largest absolute Gasteiger partial charge is 0.381 e. The maximum atomic E-state index is 14.3. The van der Waals surface area contributed by atoms with Crippen LogP contribution in [-0.4, -0.2) is 46.9 Å². The lowest BCUT2D eigenvalue weighted by atomic mass is 9.91. The minimum absolute atomic E-state index is 0.0728. The topological polar surface area (TPSA) is 81.1 Å². The van der Waals surface area contributed by atoms with Gasteiger partial charge in [-0.3, -0.25) is 4.79 Å². The molecule has 178 valence electrons. The van der Waals surface area contributed by atoms with Crippen LogP contribution in [0.1, 0.15) is 30.9 Å². The van der Waals surface area contributed by atoms with Crippen molar-refractivity contribution >= 4 is 17.5 Å². The Hall–Kier alpha value is -2.81. The van der Waals surface area contributed by atoms with E-state index in [1.165, 1.54) is 6.07 Å². The minimum Gasteiger partial charge on any atom is -0.381 e. The molecule has 5 rings (SSSR count). The van der Waals surface area contributed by atoms with Crippen LogP contribution < -0.4 is 16.2 Å². The number of halogens is 2. The summed E-state index contributed by atoms with van der Waals surface area (Å²) in [6.45, 7) is 3.08. The lowest BCUT2D eigenvalue weighted by molar-refractivity contribution is 0.0903. The predicted molar refractivity (Wildman–Crippen MR) is 130 cm³/mol. The molecule has 7 nitrogen and oxygen atoms in total. The lowest BCUT2D eigenvalue weighted by Crippen LogP contribution is -2.31. The Morgan fingerprint density at radius 1 is 1.18 bits per heavy atom. The first kappa shape index (κ1) is 23.0. The van der Waals surface area contributed by atoms with Crippen LogP contribution in [0.5, 0.6) is 0 Å². The normalized spacial score (nSPS) is 19.8. The van der Waals surface area contributed by atoms with Gasteiger partial charge in [-0.15, -0.1) is 0 Å². The molecule has 0 bridgehead atoms. The van der Waals surface area contributed by atoms with Gasteiger partial charge in [-0.1, -0.05) is 17.7 Å². The molecule has 34 heavy (non-hydrogen) atoms. The maximum Gasteiger partial charge on any atom is 0.251 e. The van der Waals surface area contributed by atoms with Crippen LogP contribution in [-0.2, 0) is 4.74 Å². The molecule has 0 aliphatic carbocycles. The van der Waals surface area contributed by atoms with Gasteiger partial charge in [-0.2, -0.15) is 0 Å². The molecule has 0 amide bonds. The number of nitrogens with one attached hydrogen (secondary N) is 2. The molecule has 2 N–H and O–H groups in total. The zero-order valence-corrected chi connectivity index (χ0v) is 19.5. The van der Waals surface area contributed by atoms with Crippen molar-refractivity contribution in [3.63, 3.8) is 0 Å². The monoisotopic (exact) mass is 483 g/mol. The smallest absolute Gasteiger partial charge is 0.251 e. The van der Waals surface area contributed by atoms with Crippen molar-refractivity contribution in [1.82, 2.24) is 19.9 Å². The Labute approximate surface area is 202 Å². The van der Waals surface area contributed by atoms with Crippen molar-refractivity contribution < 1.29 is 9.13 Å². The third-order valence-electron chi connectivity index (χ3n) is 6.58. The predicted octanol–water partition coefficient (Wildman–Crippen LogP) is 3.89. The summed E-state index contributed by atoms with van der Waals surface area (Å²) in [6, 6.07) is 10.0. The molecule has 2 saturated heterocycles. The quantitative estimate of drug-likeness (QED) is 0.553. The van der Waals surface area contributed by atoms with Gasteiger partial charge in [0.05, 0.1) is 16.8 Å². The van der Waals surface area contributed by atoms with Crippen molar-refractivity contribution in [3.8, 4) is 11.3 Å². The third kappa shape index (κ3) is 4.99. The Kier molecular flexibility index (Phi) is 6.89. The zero-order valence-electron chi connectivity index (χ0n) is 18.7. The van der Waals surface area contributed by atoms with E-state index in [0.717, 1.165) is 51.1 Å². The number of nitrogens with zero attached hydrogens (tertiary/aromatic N) is 3. The molecule has 2 aliphatic rings. The van der Waals surface area contributed by atoms with E-state index in [2.05, 4.69) is 20.6 Å². The van der Waals surface area contributed by atoms with E-state index in [4.69, 9.17) is 16.3 Å². The summed E-state index contributed by atoms with van der Waals surface area (Å²) in [5.74, 6) is 0.226. The number of ether oxygens (including phenoxy) is 1. The van der Waals surface area contributed by atoms with Crippen molar-refractivity contribution in [1.29, 1.82) is 0 Å². The second-order valence-corrected chi connectivity index (χ2v) is 9.24. The third-order valence-corrected chi connectivity index (χ3v) is 6.89. The number of hydrogen-bond donors (Lipinski definition) is 2. The second kappa shape index (κ2) is 10.2. The van der Waals surface area contributed by atoms with Crippen LogP contribution in [0, 0.1) is 11.7 Å². The van der Waals surface area contributed by atoms with E-state index in [0.29, 0.717) is 17.2 Å². The molecule has 2 fully saturated rings. The number of anilines is 1. The molecular weight excluding hydrogens is 457 g/mol. The Balaban J connectivity index is 1.44. The van der Waals surface area contributed by atoms with E-state index < -0.39 is 5.82 Å². The lowest BCUT2D eigenvalue weighted by Gasteiger charge is -2.26. The number of aromatic nitrogens is 3. The average molecular weight is 484 g/mol. The van der Waals surface area contributed by atoms with Crippen molar-refractivity contribution in [2.24, 2.45) is 5.92 Å². The van der Waals surface area contributed by atoms with Gasteiger partial charge in [0.15, 0.2) is 0 Å². The molecule has 0 unspecified atom stereocenters. The fraction of sp³-hybridized carbons (Fsp3) is 0.400. The first-order valence-corrected chi connectivity index (χ1v) is 12.0. The van der Waals surface area contributed by atoms with E-state index in [9.17, 15) is 9.18 Å². The van der Waals surface area contributed by atoms with Gasteiger partial charge in [0.1, 0.15) is 5.82 Å². The van der Waals surface area contributed by atoms with Crippen LogP contribution in [0.3, 0.4) is 0 Å². The molecule has 3 aromatic rings. The second-order valence-electron chi connectivity index (χ2n) is 8.83. The van der Waals surface area contributed by atoms with Crippen molar-refractivity contribution in [2.75, 3.05) is 31.6 Å². The molecule has 2 aliphatic heterocycles. The van der Waals surface area contributed by atoms with Gasteiger partial charge in [0.2, 0.25) is 5.95 Å². The van der Waals surface area contributed by atoms with E-state index >= 15 is 0 Å². The summed E-state index contributed by atoms with van der Waals surface area (Å²) < 4.78 is 21.4. The average Bonchev–Trinajstić information content (AvgIpc) is 3.38. The molecule has 9 heteroatoms. The molecule has 2 atom stereocenters. The number of hydrogen-bond acceptors (Lipinski definition) is 6. The summed E-state index contributed by atoms with van der Waals surface area (Å²) in [4.78, 5) is 22.2. The van der Waals surface area contributed by atoms with E-state index in [-0.39, 0.29) is 28.6 Å². The highest BCUT2D eigenvalue weighted by atomic mass is 35.5. The number of rotatable bonds is 6. The van der Waals surface area contributed by atoms with Crippen LogP contribution in [0.15, 0.2) is 53.6 Å². The minimum atomic E-state index is -0.481. The van der Waals surface area contributed by atoms with Crippen molar-refractivity contribution in [3.05, 3.63) is 75.5 Å². The van der Waals surface area contributed by atoms with Gasteiger partial charge in [-0.25, -0.2) is 14.4 Å². The van der Waals surface area contributed by atoms with Crippen LogP contribution in [0.25, 0.3) is 11.3 Å². The molecule has 0 radical (unpaired) electrons. The summed E-state index contributed by atoms with van der Waals surface area (Å²) in [7, 11) is 0. The van der Waals surface area contributed by atoms with Crippen LogP contribution in [0.4, 0.5) is 10.3 Å². The standard InChI is InChI=1S/C25H27ClFN5O2/c26-20-2-1-17(13-21(20)27)24(18-3-8-28-15-18)32-10-5-16(14-23(32)33)22-4-9-29-25(31-22)30-19-6-11-34-12-7-19/h1-2,4-5,9-10,13-14,18-19,24,28H,3,6-8,11-12,15H2,(H,29,30,31)/t18-,24-/m1/s1. The van der Waals surface area contributed by atoms with Gasteiger partial charge >= 0.3 is 0 Å². The highest BCUT2D eigenvalue weighted by Gasteiger charge is 2.29. The summed E-state index contributed by atoms with van der Waals surface area (Å²) in [5.41, 5.74) is 1.95. The Bertz CT molecular complexity index is 1210. The van der Waals surface area contributed by atoms with E-state index in [1.54, 1.807) is 41.2 Å². The van der Waals surface area contributed by atoms with Crippen molar-refractivity contribution in [2.45, 2.75) is 31.3 Å². The van der Waals surface area contributed by atoms with Gasteiger partial charge in [0.25, 0.3) is 5.56 Å². The summed E-state index contributed by atoms with van der Waals surface area (Å²) in [6.07, 6.45) is 6.19. The molecule has 0 spiro atoms. The van der Waals surface area contributed by atoms with E-state index in [1.807, 2.05) is 6.07 Å². The van der Waals surface area contributed by atoms with Gasteiger partial charge in [0, 0.05) is 49.8 Å². The molecular formula is C25H27ClFN5O2. The highest BCUT2D eigenvalue weighted by Crippen LogP contribution is 2.32. The van der Waals surface area contributed by atoms with Crippen LogP contribution in [0.2, 0.25) is 5.02 Å². The number of benzene rings is 1. The fourth-order valence-electron chi connectivity index (χ4n) is 4.80. The highest BCUT2D eigenvalue weighted by molar-refractivity contribution is 6.30. The molecule has 2 aromatic heterocycles.